The van der Waals surface area contributed by atoms with Crippen LogP contribution in [0.2, 0.25) is 0 Å². The largest absolute Gasteiger partial charge is 0.485 e. The van der Waals surface area contributed by atoms with Crippen LogP contribution in [0.15, 0.2) is 24.3 Å². The molecule has 118 valence electrons. The second-order valence-electron chi connectivity index (χ2n) is 5.48. The second-order valence-corrected chi connectivity index (χ2v) is 5.48. The molecule has 1 aromatic carbocycles. The third-order valence-corrected chi connectivity index (χ3v) is 3.83. The van der Waals surface area contributed by atoms with E-state index in [0.29, 0.717) is 11.5 Å². The van der Waals surface area contributed by atoms with Crippen molar-refractivity contribution in [2.45, 2.75) is 32.0 Å². The molecule has 3 rings (SSSR count). The van der Waals surface area contributed by atoms with E-state index in [1.54, 1.807) is 30.0 Å². The highest BCUT2D eigenvalue weighted by atomic mass is 16.6. The van der Waals surface area contributed by atoms with Crippen LogP contribution in [0.5, 0.6) is 11.5 Å². The number of carbonyl (C=O) groups is 2. The van der Waals surface area contributed by atoms with Gasteiger partial charge >= 0.3 is 5.97 Å². The van der Waals surface area contributed by atoms with Gasteiger partial charge in [-0.3, -0.25) is 4.79 Å². The Bertz CT molecular complexity index is 567. The first-order chi connectivity index (χ1) is 10.6. The van der Waals surface area contributed by atoms with Crippen molar-refractivity contribution in [1.82, 2.24) is 4.90 Å². The SMILES string of the molecule is C[C@@H](OC(=O)[C@H]1COc2ccccc2O1)C(=O)N1CCCC1. The van der Waals surface area contributed by atoms with E-state index in [2.05, 4.69) is 0 Å². The van der Waals surface area contributed by atoms with E-state index in [9.17, 15) is 9.59 Å². The van der Waals surface area contributed by atoms with Gasteiger partial charge in [0.2, 0.25) is 6.10 Å². The monoisotopic (exact) mass is 305 g/mol. The van der Waals surface area contributed by atoms with Crippen molar-refractivity contribution in [3.05, 3.63) is 24.3 Å². The Kier molecular flexibility index (Phi) is 4.18. The van der Waals surface area contributed by atoms with Crippen LogP contribution >= 0.6 is 0 Å². The maximum absolute atomic E-state index is 12.1. The summed E-state index contributed by atoms with van der Waals surface area (Å²) in [5.74, 6) is 0.388. The topological polar surface area (TPSA) is 65.1 Å². The molecule has 0 saturated carbocycles. The average molecular weight is 305 g/mol. The summed E-state index contributed by atoms with van der Waals surface area (Å²) in [6.45, 7) is 3.14. The number of nitrogens with zero attached hydrogens (tertiary/aromatic N) is 1. The van der Waals surface area contributed by atoms with Gasteiger partial charge < -0.3 is 19.1 Å². The minimum Gasteiger partial charge on any atom is -0.485 e. The van der Waals surface area contributed by atoms with E-state index >= 15 is 0 Å². The predicted octanol–water partition coefficient (Wildman–Crippen LogP) is 1.38. The molecule has 0 radical (unpaired) electrons. The third-order valence-electron chi connectivity index (χ3n) is 3.83. The van der Waals surface area contributed by atoms with E-state index < -0.39 is 18.2 Å². The van der Waals surface area contributed by atoms with Gasteiger partial charge in [-0.15, -0.1) is 0 Å². The molecule has 2 aliphatic heterocycles. The van der Waals surface area contributed by atoms with E-state index in [0.717, 1.165) is 25.9 Å². The molecule has 1 saturated heterocycles. The smallest absolute Gasteiger partial charge is 0.351 e. The minimum absolute atomic E-state index is 0.0838. The van der Waals surface area contributed by atoms with Crippen LogP contribution in [0.4, 0.5) is 0 Å². The molecule has 6 nitrogen and oxygen atoms in total. The van der Waals surface area contributed by atoms with Crippen molar-refractivity contribution in [3.63, 3.8) is 0 Å². The lowest BCUT2D eigenvalue weighted by Crippen LogP contribution is -2.43. The zero-order chi connectivity index (χ0) is 15.5. The molecule has 22 heavy (non-hydrogen) atoms. The highest BCUT2D eigenvalue weighted by Gasteiger charge is 2.32. The molecule has 0 unspecified atom stereocenters. The van der Waals surface area contributed by atoms with Crippen molar-refractivity contribution < 1.29 is 23.8 Å². The molecule has 1 aromatic rings. The van der Waals surface area contributed by atoms with Gasteiger partial charge in [0.25, 0.3) is 5.91 Å². The first-order valence-electron chi connectivity index (χ1n) is 7.53. The van der Waals surface area contributed by atoms with E-state index in [-0.39, 0.29) is 12.5 Å². The summed E-state index contributed by atoms with van der Waals surface area (Å²) >= 11 is 0. The van der Waals surface area contributed by atoms with Crippen LogP contribution in [0.25, 0.3) is 0 Å². The summed E-state index contributed by atoms with van der Waals surface area (Å²) in [7, 11) is 0. The highest BCUT2D eigenvalue weighted by Crippen LogP contribution is 2.31. The summed E-state index contributed by atoms with van der Waals surface area (Å²) in [5.41, 5.74) is 0. The molecule has 1 fully saturated rings. The van der Waals surface area contributed by atoms with Crippen LogP contribution in [0, 0.1) is 0 Å². The Morgan fingerprint density at radius 1 is 1.23 bits per heavy atom. The van der Waals surface area contributed by atoms with E-state index in [1.165, 1.54) is 0 Å². The number of hydrogen-bond donors (Lipinski definition) is 0. The first-order valence-corrected chi connectivity index (χ1v) is 7.53. The number of amides is 1. The van der Waals surface area contributed by atoms with Crippen molar-refractivity contribution >= 4 is 11.9 Å². The maximum Gasteiger partial charge on any atom is 0.351 e. The molecule has 0 aliphatic carbocycles. The number of esters is 1. The van der Waals surface area contributed by atoms with Crippen molar-refractivity contribution in [2.75, 3.05) is 19.7 Å². The Hall–Kier alpha value is -2.24. The first kappa shape index (κ1) is 14.7. The molecule has 0 bridgehead atoms. The van der Waals surface area contributed by atoms with Crippen LogP contribution in [0.3, 0.4) is 0 Å². The molecule has 1 amide bonds. The van der Waals surface area contributed by atoms with Crippen LogP contribution in [0.1, 0.15) is 19.8 Å². The van der Waals surface area contributed by atoms with Gasteiger partial charge in [0.1, 0.15) is 6.61 Å². The van der Waals surface area contributed by atoms with Gasteiger partial charge in [-0.1, -0.05) is 12.1 Å². The fourth-order valence-electron chi connectivity index (χ4n) is 2.63. The number of rotatable bonds is 3. The summed E-state index contributed by atoms with van der Waals surface area (Å²) in [6, 6.07) is 7.14. The number of hydrogen-bond acceptors (Lipinski definition) is 5. The van der Waals surface area contributed by atoms with Crippen molar-refractivity contribution in [1.29, 1.82) is 0 Å². The highest BCUT2D eigenvalue weighted by molar-refractivity contribution is 5.85. The molecule has 2 heterocycles. The maximum atomic E-state index is 12.1. The Morgan fingerprint density at radius 3 is 2.64 bits per heavy atom. The fraction of sp³-hybridized carbons (Fsp3) is 0.500. The van der Waals surface area contributed by atoms with Crippen LogP contribution < -0.4 is 9.47 Å². The summed E-state index contributed by atoms with van der Waals surface area (Å²) < 4.78 is 16.3. The Morgan fingerprint density at radius 2 is 1.91 bits per heavy atom. The standard InChI is InChI=1S/C16H19NO5/c1-11(15(18)17-8-4-5-9-17)21-16(19)14-10-20-12-6-2-3-7-13(12)22-14/h2-3,6-7,11,14H,4-5,8-10H2,1H3/t11-,14-/m1/s1. The Balaban J connectivity index is 1.57. The van der Waals surface area contributed by atoms with Gasteiger partial charge in [-0.05, 0) is 31.9 Å². The van der Waals surface area contributed by atoms with Gasteiger partial charge in [0.05, 0.1) is 0 Å². The van der Waals surface area contributed by atoms with Crippen molar-refractivity contribution in [2.24, 2.45) is 0 Å². The summed E-state index contributed by atoms with van der Waals surface area (Å²) in [4.78, 5) is 26.0. The fourth-order valence-corrected chi connectivity index (χ4v) is 2.63. The number of benzene rings is 1. The van der Waals surface area contributed by atoms with Crippen LogP contribution in [-0.4, -0.2) is 48.7 Å². The van der Waals surface area contributed by atoms with Gasteiger partial charge in [0, 0.05) is 13.1 Å². The normalized spacial score (nSPS) is 21.3. The lowest BCUT2D eigenvalue weighted by molar-refractivity contribution is -0.166. The molecular formula is C16H19NO5. The molecule has 2 atom stereocenters. The lowest BCUT2D eigenvalue weighted by atomic mass is 10.2. The summed E-state index contributed by atoms with van der Waals surface area (Å²) in [5, 5.41) is 0. The predicted molar refractivity (Wildman–Crippen MR) is 77.7 cm³/mol. The number of carbonyl (C=O) groups excluding carboxylic acids is 2. The minimum atomic E-state index is -0.844. The van der Waals surface area contributed by atoms with Gasteiger partial charge in [-0.2, -0.15) is 0 Å². The summed E-state index contributed by atoms with van der Waals surface area (Å²) in [6.07, 6.45) is 0.362. The molecule has 0 aromatic heterocycles. The molecule has 0 N–H and O–H groups in total. The van der Waals surface area contributed by atoms with E-state index in [1.807, 2.05) is 6.07 Å². The number of fused-ring (bicyclic) bond motifs is 1. The molecule has 6 heteroatoms. The zero-order valence-corrected chi connectivity index (χ0v) is 12.5. The van der Waals surface area contributed by atoms with Crippen molar-refractivity contribution in [3.8, 4) is 11.5 Å². The zero-order valence-electron chi connectivity index (χ0n) is 12.5. The van der Waals surface area contributed by atoms with E-state index in [4.69, 9.17) is 14.2 Å². The molecule has 2 aliphatic rings. The average Bonchev–Trinajstić information content (AvgIpc) is 3.08. The molecule has 0 spiro atoms. The number of ether oxygens (including phenoxy) is 3. The van der Waals surface area contributed by atoms with Gasteiger partial charge in [-0.25, -0.2) is 4.79 Å². The van der Waals surface area contributed by atoms with Gasteiger partial charge in [0.15, 0.2) is 17.6 Å². The Labute approximate surface area is 128 Å². The molecular weight excluding hydrogens is 286 g/mol. The number of para-hydroxylation sites is 2. The quantitative estimate of drug-likeness (QED) is 0.789. The lowest BCUT2D eigenvalue weighted by Gasteiger charge is -2.26. The third kappa shape index (κ3) is 3.00. The number of likely N-dealkylation sites (tertiary alicyclic amines) is 1. The second kappa shape index (κ2) is 6.25. The van der Waals surface area contributed by atoms with Crippen LogP contribution in [-0.2, 0) is 14.3 Å².